The second kappa shape index (κ2) is 10.7. The minimum absolute atomic E-state index is 0.0456. The van der Waals surface area contributed by atoms with Crippen LogP contribution in [0.4, 0.5) is 13.2 Å². The molecule has 1 saturated carbocycles. The van der Waals surface area contributed by atoms with Gasteiger partial charge in [0.05, 0.1) is 33.5 Å². The Morgan fingerprint density at radius 3 is 2.44 bits per heavy atom. The number of pyridine rings is 2. The fourth-order valence-corrected chi connectivity index (χ4v) is 5.90. The number of hydrogen-bond acceptors (Lipinski definition) is 4. The number of para-hydroxylation sites is 2. The smallest absolute Gasteiger partial charge is 0.349 e. The molecule has 1 amide bonds. The highest BCUT2D eigenvalue weighted by Gasteiger charge is 2.38. The van der Waals surface area contributed by atoms with Gasteiger partial charge in [0.1, 0.15) is 0 Å². The summed E-state index contributed by atoms with van der Waals surface area (Å²) in [4.78, 5) is 34.3. The molecule has 0 spiro atoms. The molecule has 1 N–H and O–H groups in total. The van der Waals surface area contributed by atoms with Gasteiger partial charge in [0.25, 0.3) is 5.91 Å². The summed E-state index contributed by atoms with van der Waals surface area (Å²) in [5.41, 5.74) is 0.303. The van der Waals surface area contributed by atoms with E-state index < -0.39 is 23.3 Å². The van der Waals surface area contributed by atoms with Crippen LogP contribution in [-0.2, 0) is 12.7 Å². The van der Waals surface area contributed by atoms with Crippen molar-refractivity contribution in [1.29, 1.82) is 0 Å². The minimum atomic E-state index is -4.77. The first-order valence-corrected chi connectivity index (χ1v) is 13.7. The second-order valence-corrected chi connectivity index (χ2v) is 10.8. The molecular weight excluding hydrogens is 555 g/mol. The Hall–Kier alpha value is -4.18. The predicted molar refractivity (Wildman–Crippen MR) is 150 cm³/mol. The van der Waals surface area contributed by atoms with Gasteiger partial charge in [-0.25, -0.2) is 9.78 Å². The van der Waals surface area contributed by atoms with Gasteiger partial charge in [-0.3, -0.25) is 18.9 Å². The first-order valence-electron chi connectivity index (χ1n) is 13.3. The number of nitrogens with one attached hydrogen (secondary N) is 1. The van der Waals surface area contributed by atoms with Crippen molar-refractivity contribution in [3.8, 4) is 5.69 Å². The van der Waals surface area contributed by atoms with Crippen molar-refractivity contribution in [2.24, 2.45) is 5.92 Å². The molecule has 210 valence electrons. The molecule has 11 heteroatoms. The number of imidazole rings is 1. The molecule has 5 aromatic rings. The highest BCUT2D eigenvalue weighted by atomic mass is 35.5. The van der Waals surface area contributed by atoms with Gasteiger partial charge < -0.3 is 5.32 Å². The van der Waals surface area contributed by atoms with Gasteiger partial charge in [-0.15, -0.1) is 0 Å². The van der Waals surface area contributed by atoms with Crippen molar-refractivity contribution in [1.82, 2.24) is 24.4 Å². The van der Waals surface area contributed by atoms with E-state index in [0.29, 0.717) is 37.9 Å². The van der Waals surface area contributed by atoms with E-state index in [2.05, 4.69) is 15.3 Å². The lowest BCUT2D eigenvalue weighted by atomic mass is 9.85. The van der Waals surface area contributed by atoms with Crippen LogP contribution in [-0.4, -0.2) is 31.1 Å². The largest absolute Gasteiger partial charge is 0.434 e. The van der Waals surface area contributed by atoms with Crippen LogP contribution in [0, 0.1) is 5.92 Å². The third-order valence-electron chi connectivity index (χ3n) is 7.71. The zero-order chi connectivity index (χ0) is 28.7. The van der Waals surface area contributed by atoms with E-state index in [9.17, 15) is 22.8 Å². The molecule has 41 heavy (non-hydrogen) atoms. The molecule has 0 aliphatic heterocycles. The number of nitrogens with zero attached hydrogens (tertiary/aromatic N) is 4. The van der Waals surface area contributed by atoms with E-state index in [4.69, 9.17) is 11.6 Å². The molecule has 1 fully saturated rings. The van der Waals surface area contributed by atoms with E-state index >= 15 is 0 Å². The Kier molecular flexibility index (Phi) is 7.03. The maximum atomic E-state index is 13.8. The predicted octanol–water partition coefficient (Wildman–Crippen LogP) is 6.40. The Balaban J connectivity index is 1.21. The summed E-state index contributed by atoms with van der Waals surface area (Å²) in [6, 6.07) is 16.1. The van der Waals surface area contributed by atoms with Crippen LogP contribution < -0.4 is 11.0 Å². The SMILES string of the molecule is O=C(NC1CCC(Cn2c(=O)n(-c3cncc4ccccc34)c3ccccc32)CC1)c1cc(Cl)cnc1C(F)(F)F. The van der Waals surface area contributed by atoms with Crippen LogP contribution in [0.1, 0.15) is 41.7 Å². The molecule has 1 aliphatic rings. The van der Waals surface area contributed by atoms with Crippen LogP contribution in [0.3, 0.4) is 0 Å². The number of fused-ring (bicyclic) bond motifs is 2. The number of amides is 1. The molecule has 0 bridgehead atoms. The quantitative estimate of drug-likeness (QED) is 0.261. The number of benzene rings is 2. The highest BCUT2D eigenvalue weighted by molar-refractivity contribution is 6.30. The molecule has 7 nitrogen and oxygen atoms in total. The number of carbonyl (C=O) groups is 1. The lowest BCUT2D eigenvalue weighted by Gasteiger charge is -2.29. The number of rotatable bonds is 5. The van der Waals surface area contributed by atoms with E-state index in [1.807, 2.05) is 48.5 Å². The Bertz CT molecular complexity index is 1820. The average molecular weight is 580 g/mol. The molecule has 3 heterocycles. The van der Waals surface area contributed by atoms with Crippen LogP contribution in [0.2, 0.25) is 5.02 Å². The number of carbonyl (C=O) groups excluding carboxylic acids is 1. The summed E-state index contributed by atoms with van der Waals surface area (Å²) < 4.78 is 43.7. The average Bonchev–Trinajstić information content (AvgIpc) is 3.23. The summed E-state index contributed by atoms with van der Waals surface area (Å²) in [5, 5.41) is 4.54. The van der Waals surface area contributed by atoms with Crippen molar-refractivity contribution in [3.05, 3.63) is 100.0 Å². The Morgan fingerprint density at radius 2 is 1.68 bits per heavy atom. The van der Waals surface area contributed by atoms with E-state index in [0.717, 1.165) is 34.1 Å². The monoisotopic (exact) mass is 579 g/mol. The first-order chi connectivity index (χ1) is 19.7. The fraction of sp³-hybridized carbons (Fsp3) is 0.267. The summed E-state index contributed by atoms with van der Waals surface area (Å²) in [7, 11) is 0. The standard InChI is InChI=1S/C30H25ClF3N5O2/c31-20-13-23(27(36-15-20)30(32,33)34)28(40)37-21-11-9-18(10-12-21)17-38-24-7-3-4-8-25(24)39(29(38)41)26-16-35-14-19-5-1-2-6-22(19)26/h1-8,13-16,18,21H,9-12,17H2,(H,37,40). The maximum absolute atomic E-state index is 13.8. The van der Waals surface area contributed by atoms with Gasteiger partial charge >= 0.3 is 11.9 Å². The lowest BCUT2D eigenvalue weighted by Crippen LogP contribution is -2.39. The Morgan fingerprint density at radius 1 is 0.976 bits per heavy atom. The zero-order valence-corrected chi connectivity index (χ0v) is 22.5. The van der Waals surface area contributed by atoms with Gasteiger partial charge in [0.2, 0.25) is 0 Å². The van der Waals surface area contributed by atoms with Gasteiger partial charge in [0.15, 0.2) is 5.69 Å². The summed E-state index contributed by atoms with van der Waals surface area (Å²) in [5.74, 6) is -0.692. The second-order valence-electron chi connectivity index (χ2n) is 10.3. The topological polar surface area (TPSA) is 81.8 Å². The molecule has 2 aromatic carbocycles. The number of hydrogen-bond donors (Lipinski definition) is 1. The zero-order valence-electron chi connectivity index (χ0n) is 21.7. The fourth-order valence-electron chi connectivity index (χ4n) is 5.75. The van der Waals surface area contributed by atoms with Crippen molar-refractivity contribution in [3.63, 3.8) is 0 Å². The third-order valence-corrected chi connectivity index (χ3v) is 7.92. The number of aromatic nitrogens is 4. The van der Waals surface area contributed by atoms with Gasteiger partial charge in [-0.1, -0.05) is 48.0 Å². The molecule has 0 unspecified atom stereocenters. The molecule has 1 aliphatic carbocycles. The van der Waals surface area contributed by atoms with E-state index in [-0.39, 0.29) is 22.7 Å². The molecule has 0 atom stereocenters. The highest BCUT2D eigenvalue weighted by Crippen LogP contribution is 2.32. The molecule has 3 aromatic heterocycles. The molecule has 6 rings (SSSR count). The van der Waals surface area contributed by atoms with Gasteiger partial charge in [-0.05, 0) is 49.8 Å². The molecular formula is C30H25ClF3N5O2. The van der Waals surface area contributed by atoms with Crippen LogP contribution in [0.15, 0.2) is 78.0 Å². The minimum Gasteiger partial charge on any atom is -0.349 e. The summed E-state index contributed by atoms with van der Waals surface area (Å²) >= 11 is 5.83. The summed E-state index contributed by atoms with van der Waals surface area (Å²) in [6.07, 6.45) is 2.13. The van der Waals surface area contributed by atoms with Crippen molar-refractivity contribution in [2.75, 3.05) is 0 Å². The third kappa shape index (κ3) is 5.19. The van der Waals surface area contributed by atoms with Crippen LogP contribution in [0.5, 0.6) is 0 Å². The lowest BCUT2D eigenvalue weighted by molar-refractivity contribution is -0.141. The molecule has 0 saturated heterocycles. The van der Waals surface area contributed by atoms with Crippen molar-refractivity contribution < 1.29 is 18.0 Å². The maximum Gasteiger partial charge on any atom is 0.434 e. The van der Waals surface area contributed by atoms with Crippen LogP contribution >= 0.6 is 11.6 Å². The number of halogens is 4. The molecule has 0 radical (unpaired) electrons. The number of alkyl halides is 3. The van der Waals surface area contributed by atoms with Crippen LogP contribution in [0.25, 0.3) is 27.5 Å². The first kappa shape index (κ1) is 27.0. The summed E-state index contributed by atoms with van der Waals surface area (Å²) in [6.45, 7) is 0.488. The van der Waals surface area contributed by atoms with Crippen molar-refractivity contribution >= 4 is 39.3 Å². The van der Waals surface area contributed by atoms with E-state index in [1.54, 1.807) is 21.5 Å². The van der Waals surface area contributed by atoms with Crippen molar-refractivity contribution in [2.45, 2.75) is 44.4 Å². The Labute approximate surface area is 237 Å². The normalized spacial score (nSPS) is 17.7. The van der Waals surface area contributed by atoms with Gasteiger partial charge in [0, 0.05) is 35.8 Å². The van der Waals surface area contributed by atoms with E-state index in [1.165, 1.54) is 0 Å². The van der Waals surface area contributed by atoms with Gasteiger partial charge in [-0.2, -0.15) is 13.2 Å².